The quantitative estimate of drug-likeness (QED) is 0.731. The maximum atomic E-state index is 12.3. The van der Waals surface area contributed by atoms with Gasteiger partial charge in [-0.15, -0.1) is 0 Å². The molecule has 1 atom stereocenters. The fraction of sp³-hybridized carbons (Fsp3) is 0.550. The average molecular weight is 407 g/mol. The highest BCUT2D eigenvalue weighted by atomic mass is 32.2. The van der Waals surface area contributed by atoms with Gasteiger partial charge in [-0.05, 0) is 36.1 Å². The molecule has 154 valence electrons. The van der Waals surface area contributed by atoms with Gasteiger partial charge in [-0.25, -0.2) is 0 Å². The lowest BCUT2D eigenvalue weighted by Gasteiger charge is -2.20. The number of hydrogen-bond donors (Lipinski definition) is 1. The molecule has 0 aliphatic carbocycles. The molecular weight excluding hydrogens is 376 g/mol. The minimum absolute atomic E-state index is 0.129. The number of aromatic nitrogens is 2. The third-order valence-corrected chi connectivity index (χ3v) is 7.10. The van der Waals surface area contributed by atoms with Crippen LogP contribution in [0.25, 0.3) is 0 Å². The van der Waals surface area contributed by atoms with Crippen LogP contribution in [-0.4, -0.2) is 61.0 Å². The van der Waals surface area contributed by atoms with Crippen molar-refractivity contribution in [3.05, 3.63) is 47.3 Å². The minimum atomic E-state index is -3.36. The molecule has 28 heavy (non-hydrogen) atoms. The lowest BCUT2D eigenvalue weighted by atomic mass is 10.0. The molecule has 1 aliphatic rings. The number of rotatable bonds is 8. The second-order valence-electron chi connectivity index (χ2n) is 7.77. The molecule has 1 aromatic carbocycles. The fourth-order valence-electron chi connectivity index (χ4n) is 3.35. The first-order valence-electron chi connectivity index (χ1n) is 9.72. The summed E-state index contributed by atoms with van der Waals surface area (Å²) in [7, 11) is -0.233. The molecule has 7 nitrogen and oxygen atoms in total. The number of H-pyrrole nitrogens is 1. The van der Waals surface area contributed by atoms with Crippen LogP contribution in [0.5, 0.6) is 5.75 Å². The van der Waals surface area contributed by atoms with E-state index < -0.39 is 10.2 Å². The molecule has 0 saturated carbocycles. The first-order chi connectivity index (χ1) is 13.3. The molecule has 1 fully saturated rings. The van der Waals surface area contributed by atoms with Crippen molar-refractivity contribution in [3.8, 4) is 5.75 Å². The van der Waals surface area contributed by atoms with Gasteiger partial charge in [-0.3, -0.25) is 5.10 Å². The number of ether oxygens (including phenoxy) is 1. The largest absolute Gasteiger partial charge is 0.493 e. The lowest BCUT2D eigenvalue weighted by Crippen LogP contribution is -2.38. The van der Waals surface area contributed by atoms with Gasteiger partial charge in [0.25, 0.3) is 10.2 Å². The van der Waals surface area contributed by atoms with E-state index in [0.29, 0.717) is 25.6 Å². The van der Waals surface area contributed by atoms with Crippen molar-refractivity contribution in [3.63, 3.8) is 0 Å². The van der Waals surface area contributed by atoms with Crippen LogP contribution in [0.2, 0.25) is 0 Å². The minimum Gasteiger partial charge on any atom is -0.493 e. The van der Waals surface area contributed by atoms with E-state index in [1.807, 2.05) is 18.2 Å². The highest BCUT2D eigenvalue weighted by Gasteiger charge is 2.34. The van der Waals surface area contributed by atoms with Crippen molar-refractivity contribution < 1.29 is 13.2 Å². The Labute approximate surface area is 167 Å². The summed E-state index contributed by atoms with van der Waals surface area (Å²) in [6.07, 6.45) is 1.52. The Morgan fingerprint density at radius 1 is 1.29 bits per heavy atom. The summed E-state index contributed by atoms with van der Waals surface area (Å²) < 4.78 is 33.1. The van der Waals surface area contributed by atoms with Gasteiger partial charge in [-0.2, -0.15) is 22.1 Å². The van der Waals surface area contributed by atoms with Crippen LogP contribution in [0.15, 0.2) is 30.3 Å². The van der Waals surface area contributed by atoms with Crippen molar-refractivity contribution in [2.45, 2.75) is 38.5 Å². The van der Waals surface area contributed by atoms with Crippen LogP contribution >= 0.6 is 0 Å². The van der Waals surface area contributed by atoms with Gasteiger partial charge in [-0.1, -0.05) is 26.0 Å². The molecule has 2 heterocycles. The predicted octanol–water partition coefficient (Wildman–Crippen LogP) is 2.75. The van der Waals surface area contributed by atoms with E-state index in [2.05, 4.69) is 36.2 Å². The van der Waals surface area contributed by atoms with Crippen molar-refractivity contribution in [2.24, 2.45) is 0 Å². The van der Waals surface area contributed by atoms with Gasteiger partial charge >= 0.3 is 0 Å². The Hall–Kier alpha value is -1.90. The number of hydrogen-bond acceptors (Lipinski definition) is 4. The predicted molar refractivity (Wildman–Crippen MR) is 110 cm³/mol. The third-order valence-electron chi connectivity index (χ3n) is 5.19. The van der Waals surface area contributed by atoms with Crippen LogP contribution in [0.3, 0.4) is 0 Å². The summed E-state index contributed by atoms with van der Waals surface area (Å²) in [5.74, 6) is 1.50. The van der Waals surface area contributed by atoms with E-state index >= 15 is 0 Å². The molecule has 0 amide bonds. The molecule has 1 aromatic heterocycles. The summed E-state index contributed by atoms with van der Waals surface area (Å²) >= 11 is 0. The molecule has 8 heteroatoms. The van der Waals surface area contributed by atoms with Gasteiger partial charge in [0, 0.05) is 45.2 Å². The highest BCUT2D eigenvalue weighted by molar-refractivity contribution is 7.86. The summed E-state index contributed by atoms with van der Waals surface area (Å²) in [4.78, 5) is 0. The summed E-state index contributed by atoms with van der Waals surface area (Å²) in [6, 6.07) is 10.2. The summed E-state index contributed by atoms with van der Waals surface area (Å²) in [5.41, 5.74) is 3.22. The van der Waals surface area contributed by atoms with Crippen molar-refractivity contribution in [2.75, 3.05) is 33.8 Å². The van der Waals surface area contributed by atoms with Crippen LogP contribution < -0.4 is 4.74 Å². The maximum Gasteiger partial charge on any atom is 0.281 e. The van der Waals surface area contributed by atoms with E-state index in [0.717, 1.165) is 30.0 Å². The molecule has 1 saturated heterocycles. The number of nitrogens with one attached hydrogen (secondary N) is 1. The molecule has 0 unspecified atom stereocenters. The Morgan fingerprint density at radius 3 is 2.64 bits per heavy atom. The first kappa shape index (κ1) is 20.8. The zero-order valence-electron chi connectivity index (χ0n) is 17.1. The smallest absolute Gasteiger partial charge is 0.281 e. The fourth-order valence-corrected chi connectivity index (χ4v) is 4.52. The normalized spacial score (nSPS) is 18.3. The van der Waals surface area contributed by atoms with Gasteiger partial charge < -0.3 is 4.74 Å². The second kappa shape index (κ2) is 8.63. The Balaban J connectivity index is 1.51. The van der Waals surface area contributed by atoms with Crippen molar-refractivity contribution in [1.82, 2.24) is 18.8 Å². The van der Waals surface area contributed by atoms with Crippen molar-refractivity contribution in [1.29, 1.82) is 0 Å². The van der Waals surface area contributed by atoms with Gasteiger partial charge in [0.05, 0.1) is 12.3 Å². The Kier molecular flexibility index (Phi) is 6.42. The average Bonchev–Trinajstić information content (AvgIpc) is 3.31. The topological polar surface area (TPSA) is 78.5 Å². The van der Waals surface area contributed by atoms with Gasteiger partial charge in [0.15, 0.2) is 0 Å². The molecule has 2 aromatic rings. The molecule has 1 aliphatic heterocycles. The zero-order valence-corrected chi connectivity index (χ0v) is 17.9. The van der Waals surface area contributed by atoms with Crippen LogP contribution in [-0.2, 0) is 16.6 Å². The first-order valence-corrected chi connectivity index (χ1v) is 11.1. The molecule has 1 N–H and O–H groups in total. The number of nitrogens with zero attached hydrogens (tertiary/aromatic N) is 3. The van der Waals surface area contributed by atoms with E-state index in [4.69, 9.17) is 4.74 Å². The summed E-state index contributed by atoms with van der Waals surface area (Å²) in [5, 5.41) is 7.46. The SMILES string of the molecule is CC(C)c1ccc(OCCc2cc([C@H]3CCN(S(=O)(=O)N(C)C)C3)n[nH]2)cc1. The molecule has 0 radical (unpaired) electrons. The van der Waals surface area contributed by atoms with Gasteiger partial charge in [0.2, 0.25) is 0 Å². The molecule has 0 bridgehead atoms. The van der Waals surface area contributed by atoms with Crippen LogP contribution in [0.1, 0.15) is 49.1 Å². The molecule has 3 rings (SSSR count). The van der Waals surface area contributed by atoms with Crippen LogP contribution in [0.4, 0.5) is 0 Å². The zero-order chi connectivity index (χ0) is 20.3. The van der Waals surface area contributed by atoms with E-state index in [-0.39, 0.29) is 5.92 Å². The van der Waals surface area contributed by atoms with E-state index in [1.165, 1.54) is 14.2 Å². The monoisotopic (exact) mass is 406 g/mol. The molecule has 0 spiro atoms. The third kappa shape index (κ3) is 4.74. The number of benzene rings is 1. The van der Waals surface area contributed by atoms with E-state index in [1.54, 1.807) is 14.1 Å². The number of aromatic amines is 1. The summed E-state index contributed by atoms with van der Waals surface area (Å²) in [6.45, 7) is 5.91. The van der Waals surface area contributed by atoms with Crippen LogP contribution in [0, 0.1) is 0 Å². The van der Waals surface area contributed by atoms with E-state index in [9.17, 15) is 8.42 Å². The standard InChI is InChI=1S/C20H30N4O3S/c1-15(2)16-5-7-19(8-6-16)27-12-10-18-13-20(22-21-18)17-9-11-24(14-17)28(25,26)23(3)4/h5-8,13,15,17H,9-12,14H2,1-4H3,(H,21,22)/t17-/m0/s1. The lowest BCUT2D eigenvalue weighted by molar-refractivity contribution is 0.320. The Bertz CT molecular complexity index is 875. The second-order valence-corrected chi connectivity index (χ2v) is 9.92. The maximum absolute atomic E-state index is 12.3. The molecular formula is C20H30N4O3S. The Morgan fingerprint density at radius 2 is 2.00 bits per heavy atom. The van der Waals surface area contributed by atoms with Gasteiger partial charge in [0.1, 0.15) is 5.75 Å². The van der Waals surface area contributed by atoms with Crippen molar-refractivity contribution >= 4 is 10.2 Å². The highest BCUT2D eigenvalue weighted by Crippen LogP contribution is 2.28.